The molecule has 1 aromatic heterocycles. The van der Waals surface area contributed by atoms with E-state index in [1.165, 1.54) is 12.0 Å². The number of hydrogen-bond donors (Lipinski definition) is 1. The van der Waals surface area contributed by atoms with E-state index in [4.69, 9.17) is 9.47 Å². The summed E-state index contributed by atoms with van der Waals surface area (Å²) in [6, 6.07) is 2.35. The molecule has 1 heterocycles. The van der Waals surface area contributed by atoms with Gasteiger partial charge in [0.15, 0.2) is 5.75 Å². The highest BCUT2D eigenvalue weighted by molar-refractivity contribution is 5.98. The molecule has 0 amide bonds. The zero-order valence-electron chi connectivity index (χ0n) is 18.0. The predicted molar refractivity (Wildman–Crippen MR) is 114 cm³/mol. The van der Waals surface area contributed by atoms with Crippen molar-refractivity contribution in [2.24, 2.45) is 0 Å². The van der Waals surface area contributed by atoms with Crippen LogP contribution in [0.25, 0.3) is 10.9 Å². The third kappa shape index (κ3) is 4.83. The highest BCUT2D eigenvalue weighted by Gasteiger charge is 2.18. The lowest BCUT2D eigenvalue weighted by Crippen LogP contribution is -2.25. The molecule has 5 nitrogen and oxygen atoms in total. The van der Waals surface area contributed by atoms with E-state index in [1.807, 2.05) is 12.3 Å². The Labute approximate surface area is 164 Å². The number of rotatable bonds is 10. The van der Waals surface area contributed by atoms with E-state index in [2.05, 4.69) is 49.8 Å². The molecule has 1 unspecified atom stereocenters. The van der Waals surface area contributed by atoms with Crippen LogP contribution in [0.15, 0.2) is 12.3 Å². The van der Waals surface area contributed by atoms with Gasteiger partial charge in [-0.2, -0.15) is 0 Å². The van der Waals surface area contributed by atoms with E-state index in [1.54, 1.807) is 14.2 Å². The summed E-state index contributed by atoms with van der Waals surface area (Å²) in [6.07, 6.45) is 4.16. The quantitative estimate of drug-likeness (QED) is 0.649. The average molecular weight is 374 g/mol. The van der Waals surface area contributed by atoms with Crippen molar-refractivity contribution < 1.29 is 9.47 Å². The Morgan fingerprint density at radius 1 is 1.15 bits per heavy atom. The van der Waals surface area contributed by atoms with Crippen LogP contribution < -0.4 is 14.8 Å². The number of methoxy groups -OCH3 is 2. The average Bonchev–Trinajstić information content (AvgIpc) is 2.67. The van der Waals surface area contributed by atoms with Crippen molar-refractivity contribution in [1.82, 2.24) is 9.88 Å². The molecule has 27 heavy (non-hydrogen) atoms. The normalized spacial score (nSPS) is 12.4. The molecule has 150 valence electrons. The first kappa shape index (κ1) is 21.3. The smallest absolute Gasteiger partial charge is 0.151 e. The van der Waals surface area contributed by atoms with Gasteiger partial charge >= 0.3 is 0 Å². The van der Waals surface area contributed by atoms with Gasteiger partial charge in [0.1, 0.15) is 11.3 Å². The van der Waals surface area contributed by atoms with Gasteiger partial charge in [0.2, 0.25) is 0 Å². The third-order valence-electron chi connectivity index (χ3n) is 5.40. The van der Waals surface area contributed by atoms with Gasteiger partial charge in [0.05, 0.1) is 25.3 Å². The second-order valence-electron chi connectivity index (χ2n) is 7.16. The summed E-state index contributed by atoms with van der Waals surface area (Å²) in [5.74, 6) is 1.61. The molecular weight excluding hydrogens is 338 g/mol. The Morgan fingerprint density at radius 3 is 2.44 bits per heavy atom. The van der Waals surface area contributed by atoms with E-state index < -0.39 is 0 Å². The third-order valence-corrected chi connectivity index (χ3v) is 5.40. The van der Waals surface area contributed by atoms with E-state index in [-0.39, 0.29) is 0 Å². The van der Waals surface area contributed by atoms with Crippen LogP contribution in [0.3, 0.4) is 0 Å². The minimum Gasteiger partial charge on any atom is -0.494 e. The number of anilines is 1. The number of fused-ring (bicyclic) bond motifs is 1. The number of aryl methyl sites for hydroxylation is 2. The molecule has 1 N–H and O–H groups in total. The van der Waals surface area contributed by atoms with Gasteiger partial charge in [-0.1, -0.05) is 13.8 Å². The highest BCUT2D eigenvalue weighted by Crippen LogP contribution is 2.41. The van der Waals surface area contributed by atoms with Crippen molar-refractivity contribution in [1.29, 1.82) is 0 Å². The van der Waals surface area contributed by atoms with Crippen LogP contribution in [0.2, 0.25) is 0 Å². The van der Waals surface area contributed by atoms with Crippen LogP contribution in [0, 0.1) is 13.8 Å². The molecule has 0 saturated heterocycles. The van der Waals surface area contributed by atoms with E-state index in [9.17, 15) is 0 Å². The van der Waals surface area contributed by atoms with Crippen molar-refractivity contribution in [2.75, 3.05) is 39.2 Å². The van der Waals surface area contributed by atoms with E-state index in [0.29, 0.717) is 6.04 Å². The maximum Gasteiger partial charge on any atom is 0.151 e. The van der Waals surface area contributed by atoms with Crippen LogP contribution in [-0.4, -0.2) is 49.8 Å². The number of nitrogens with zero attached hydrogens (tertiary/aromatic N) is 2. The van der Waals surface area contributed by atoms with Crippen LogP contribution in [0.5, 0.6) is 11.5 Å². The minimum absolute atomic E-state index is 0.342. The molecular formula is C22H35N3O2. The standard InChI is InChI=1S/C22H35N3O2/c1-8-25(9-2)12-10-11-16(4)24-18-13-19(26-6)21-20(22(18)27-7)17(5)15(3)14-23-21/h13-14,16,24H,8-12H2,1-7H3. The molecule has 0 bridgehead atoms. The Morgan fingerprint density at radius 2 is 1.85 bits per heavy atom. The fraction of sp³-hybridized carbons (Fsp3) is 0.591. The van der Waals surface area contributed by atoms with Gasteiger partial charge < -0.3 is 19.7 Å². The lowest BCUT2D eigenvalue weighted by atomic mass is 10.0. The molecule has 0 radical (unpaired) electrons. The fourth-order valence-corrected chi connectivity index (χ4v) is 3.54. The van der Waals surface area contributed by atoms with Crippen molar-refractivity contribution in [3.05, 3.63) is 23.4 Å². The second kappa shape index (κ2) is 9.79. The Balaban J connectivity index is 2.28. The first-order chi connectivity index (χ1) is 13.0. The monoisotopic (exact) mass is 373 g/mol. The summed E-state index contributed by atoms with van der Waals surface area (Å²) >= 11 is 0. The number of ether oxygens (including phenoxy) is 2. The van der Waals surface area contributed by atoms with Crippen LogP contribution in [0.1, 0.15) is 44.7 Å². The Bertz CT molecular complexity index is 757. The van der Waals surface area contributed by atoms with Gasteiger partial charge in [-0.3, -0.25) is 4.98 Å². The summed E-state index contributed by atoms with van der Waals surface area (Å²) in [7, 11) is 3.41. The second-order valence-corrected chi connectivity index (χ2v) is 7.16. The van der Waals surface area contributed by atoms with Crippen molar-refractivity contribution >= 4 is 16.6 Å². The zero-order chi connectivity index (χ0) is 20.0. The Hall–Kier alpha value is -2.01. The van der Waals surface area contributed by atoms with Crippen molar-refractivity contribution in [2.45, 2.75) is 53.5 Å². The largest absolute Gasteiger partial charge is 0.494 e. The molecule has 0 spiro atoms. The van der Waals surface area contributed by atoms with Crippen molar-refractivity contribution in [3.8, 4) is 11.5 Å². The molecule has 0 aliphatic heterocycles. The maximum atomic E-state index is 5.81. The van der Waals surface area contributed by atoms with Crippen LogP contribution in [0.4, 0.5) is 5.69 Å². The van der Waals surface area contributed by atoms with Gasteiger partial charge in [-0.15, -0.1) is 0 Å². The number of nitrogens with one attached hydrogen (secondary N) is 1. The molecule has 2 aromatic rings. The van der Waals surface area contributed by atoms with E-state index >= 15 is 0 Å². The van der Waals surface area contributed by atoms with Gasteiger partial charge in [-0.05, 0) is 64.4 Å². The summed E-state index contributed by atoms with van der Waals surface area (Å²) in [5, 5.41) is 4.66. The highest BCUT2D eigenvalue weighted by atomic mass is 16.5. The number of pyridine rings is 1. The first-order valence-corrected chi connectivity index (χ1v) is 9.96. The molecule has 0 saturated carbocycles. The SMILES string of the molecule is CCN(CC)CCCC(C)Nc1cc(OC)c2ncc(C)c(C)c2c1OC. The summed E-state index contributed by atoms with van der Waals surface area (Å²) in [5.41, 5.74) is 4.13. The lowest BCUT2D eigenvalue weighted by molar-refractivity contribution is 0.295. The minimum atomic E-state index is 0.342. The first-order valence-electron chi connectivity index (χ1n) is 9.96. The summed E-state index contributed by atoms with van der Waals surface area (Å²) < 4.78 is 11.4. The fourth-order valence-electron chi connectivity index (χ4n) is 3.54. The molecule has 0 aliphatic carbocycles. The molecule has 1 aromatic carbocycles. The van der Waals surface area contributed by atoms with Crippen molar-refractivity contribution in [3.63, 3.8) is 0 Å². The topological polar surface area (TPSA) is 46.6 Å². The van der Waals surface area contributed by atoms with Gasteiger partial charge in [-0.25, -0.2) is 0 Å². The van der Waals surface area contributed by atoms with Gasteiger partial charge in [0.25, 0.3) is 0 Å². The molecule has 1 atom stereocenters. The van der Waals surface area contributed by atoms with E-state index in [0.717, 1.165) is 59.7 Å². The lowest BCUT2D eigenvalue weighted by Gasteiger charge is -2.22. The van der Waals surface area contributed by atoms with Crippen LogP contribution in [-0.2, 0) is 0 Å². The van der Waals surface area contributed by atoms with Gasteiger partial charge in [0, 0.05) is 18.3 Å². The summed E-state index contributed by atoms with van der Waals surface area (Å²) in [4.78, 5) is 7.05. The number of benzene rings is 1. The predicted octanol–water partition coefficient (Wildman–Crippen LogP) is 4.79. The van der Waals surface area contributed by atoms with Crippen LogP contribution >= 0.6 is 0 Å². The maximum absolute atomic E-state index is 5.81. The number of hydrogen-bond acceptors (Lipinski definition) is 5. The molecule has 2 rings (SSSR count). The molecule has 0 fully saturated rings. The Kier molecular flexibility index (Phi) is 7.72. The summed E-state index contributed by atoms with van der Waals surface area (Å²) in [6.45, 7) is 14.2. The zero-order valence-corrected chi connectivity index (χ0v) is 18.0. The number of aromatic nitrogens is 1. The molecule has 5 heteroatoms. The molecule has 0 aliphatic rings.